The molecule has 0 unspecified atom stereocenters. The van der Waals surface area contributed by atoms with E-state index in [1.54, 1.807) is 0 Å². The third-order valence-electron chi connectivity index (χ3n) is 2.12. The van der Waals surface area contributed by atoms with Crippen LogP contribution in [0.2, 0.25) is 0 Å². The Balaban J connectivity index is 2.76. The summed E-state index contributed by atoms with van der Waals surface area (Å²) in [6, 6.07) is 9.41. The molecular weight excluding hydrogens is 263 g/mol. The standard InChI is InChI=1S/C10H14O4Se/c1-10(2,8-14-15(11,12)13)9-6-4-3-5-7-9/h3-7H,8H2,1-2H3,(H,11,12,13). The summed E-state index contributed by atoms with van der Waals surface area (Å²) in [5.41, 5.74) is 0.521. The van der Waals surface area contributed by atoms with Crippen molar-refractivity contribution in [1.29, 1.82) is 0 Å². The zero-order chi connectivity index (χ0) is 11.5. The molecule has 1 rings (SSSR count). The van der Waals surface area contributed by atoms with Crippen LogP contribution in [0, 0.1) is 0 Å². The van der Waals surface area contributed by atoms with Crippen LogP contribution in [0.25, 0.3) is 0 Å². The predicted molar refractivity (Wildman–Crippen MR) is 54.8 cm³/mol. The van der Waals surface area contributed by atoms with Crippen molar-refractivity contribution in [3.8, 4) is 0 Å². The van der Waals surface area contributed by atoms with Gasteiger partial charge >= 0.3 is 90.8 Å². The maximum absolute atomic E-state index is 10.5. The van der Waals surface area contributed by atoms with Gasteiger partial charge in [0.15, 0.2) is 0 Å². The molecule has 0 spiro atoms. The van der Waals surface area contributed by atoms with E-state index in [9.17, 15) is 7.67 Å². The molecule has 1 N–H and O–H groups in total. The van der Waals surface area contributed by atoms with Gasteiger partial charge in [-0.05, 0) is 0 Å². The molecular formula is C10H14O4Se. The van der Waals surface area contributed by atoms with Crippen molar-refractivity contribution in [2.75, 3.05) is 6.61 Å². The monoisotopic (exact) mass is 278 g/mol. The van der Waals surface area contributed by atoms with Crippen molar-refractivity contribution in [1.82, 2.24) is 0 Å². The molecule has 1 aromatic rings. The summed E-state index contributed by atoms with van der Waals surface area (Å²) < 4.78 is 34.0. The zero-order valence-electron chi connectivity index (χ0n) is 8.67. The van der Waals surface area contributed by atoms with Gasteiger partial charge in [-0.1, -0.05) is 0 Å². The quantitative estimate of drug-likeness (QED) is 0.842. The van der Waals surface area contributed by atoms with Gasteiger partial charge in [-0.3, -0.25) is 0 Å². The Hall–Kier alpha value is -0.741. The van der Waals surface area contributed by atoms with Gasteiger partial charge in [0, 0.05) is 0 Å². The second kappa shape index (κ2) is 4.41. The third kappa shape index (κ3) is 4.10. The number of rotatable bonds is 4. The van der Waals surface area contributed by atoms with Crippen LogP contribution in [0.4, 0.5) is 0 Å². The van der Waals surface area contributed by atoms with E-state index in [0.717, 1.165) is 5.56 Å². The summed E-state index contributed by atoms with van der Waals surface area (Å²) in [6.45, 7) is 3.65. The Kier molecular flexibility index (Phi) is 3.62. The van der Waals surface area contributed by atoms with Gasteiger partial charge in [0.05, 0.1) is 0 Å². The van der Waals surface area contributed by atoms with Gasteiger partial charge in [0.25, 0.3) is 0 Å². The first-order valence-electron chi connectivity index (χ1n) is 4.49. The molecule has 5 heteroatoms. The third-order valence-corrected chi connectivity index (χ3v) is 3.00. The average Bonchev–Trinajstić information content (AvgIpc) is 2.16. The van der Waals surface area contributed by atoms with Gasteiger partial charge in [-0.25, -0.2) is 0 Å². The molecule has 0 aromatic heterocycles. The van der Waals surface area contributed by atoms with Crippen molar-refractivity contribution in [2.24, 2.45) is 0 Å². The molecule has 0 saturated carbocycles. The zero-order valence-corrected chi connectivity index (χ0v) is 10.4. The summed E-state index contributed by atoms with van der Waals surface area (Å²) in [4.78, 5) is 0. The van der Waals surface area contributed by atoms with Gasteiger partial charge in [0.2, 0.25) is 0 Å². The molecule has 0 fully saturated rings. The van der Waals surface area contributed by atoms with Crippen LogP contribution in [0.3, 0.4) is 0 Å². The molecule has 0 aliphatic rings. The van der Waals surface area contributed by atoms with Crippen molar-refractivity contribution < 1.29 is 15.7 Å². The molecule has 0 atom stereocenters. The summed E-state index contributed by atoms with van der Waals surface area (Å²) in [5, 5.41) is 0. The molecule has 0 heterocycles. The summed E-state index contributed by atoms with van der Waals surface area (Å²) in [6.07, 6.45) is 0. The molecule has 84 valence electrons. The van der Waals surface area contributed by atoms with E-state index < -0.39 is 18.8 Å². The Bertz CT molecular complexity index is 408. The molecule has 15 heavy (non-hydrogen) atoms. The fraction of sp³-hybridized carbons (Fsp3) is 0.400. The molecule has 0 aliphatic heterocycles. The average molecular weight is 277 g/mol. The molecule has 0 amide bonds. The summed E-state index contributed by atoms with van der Waals surface area (Å²) in [5.74, 6) is 0. The maximum atomic E-state index is 10.5. The van der Waals surface area contributed by atoms with Crippen molar-refractivity contribution in [2.45, 2.75) is 19.3 Å². The van der Waals surface area contributed by atoms with Crippen molar-refractivity contribution in [3.63, 3.8) is 0 Å². The van der Waals surface area contributed by atoms with E-state index >= 15 is 0 Å². The van der Waals surface area contributed by atoms with Crippen LogP contribution in [-0.4, -0.2) is 24.2 Å². The summed E-state index contributed by atoms with van der Waals surface area (Å²) >= 11 is -5.07. The Labute approximate surface area is 91.2 Å². The van der Waals surface area contributed by atoms with E-state index in [1.807, 2.05) is 44.2 Å². The Morgan fingerprint density at radius 2 is 1.80 bits per heavy atom. The summed E-state index contributed by atoms with van der Waals surface area (Å²) in [7, 11) is 0. The van der Waals surface area contributed by atoms with Crippen LogP contribution in [0.15, 0.2) is 30.3 Å². The van der Waals surface area contributed by atoms with Crippen LogP contribution in [-0.2, 0) is 16.9 Å². The molecule has 0 radical (unpaired) electrons. The second-order valence-corrected chi connectivity index (χ2v) is 6.23. The number of hydrogen-bond acceptors (Lipinski definition) is 3. The Morgan fingerprint density at radius 3 is 2.27 bits per heavy atom. The molecule has 0 bridgehead atoms. The van der Waals surface area contributed by atoms with Gasteiger partial charge in [0.1, 0.15) is 0 Å². The topological polar surface area (TPSA) is 63.6 Å². The minimum atomic E-state index is -5.07. The SMILES string of the molecule is CC(C)(CO[Se](=O)(=O)O)c1ccccc1. The number of hydrogen-bond donors (Lipinski definition) is 1. The first-order chi connectivity index (χ1) is 6.81. The van der Waals surface area contributed by atoms with E-state index in [4.69, 9.17) is 4.19 Å². The van der Waals surface area contributed by atoms with E-state index in [-0.39, 0.29) is 6.61 Å². The fourth-order valence-corrected chi connectivity index (χ4v) is 2.13. The fourth-order valence-electron chi connectivity index (χ4n) is 1.19. The molecule has 1 aromatic carbocycles. The van der Waals surface area contributed by atoms with Gasteiger partial charge in [-0.15, -0.1) is 0 Å². The van der Waals surface area contributed by atoms with Crippen LogP contribution >= 0.6 is 0 Å². The van der Waals surface area contributed by atoms with Gasteiger partial charge < -0.3 is 0 Å². The molecule has 0 aliphatic carbocycles. The van der Waals surface area contributed by atoms with Crippen LogP contribution < -0.4 is 0 Å². The molecule has 4 nitrogen and oxygen atoms in total. The minimum absolute atomic E-state index is 0.0550. The second-order valence-electron chi connectivity index (χ2n) is 3.94. The van der Waals surface area contributed by atoms with Crippen molar-refractivity contribution >= 4 is 13.4 Å². The number of benzene rings is 1. The van der Waals surface area contributed by atoms with Gasteiger partial charge in [-0.2, -0.15) is 0 Å². The van der Waals surface area contributed by atoms with Crippen molar-refractivity contribution in [3.05, 3.63) is 35.9 Å². The normalized spacial score (nSPS) is 12.7. The Morgan fingerprint density at radius 1 is 1.27 bits per heavy atom. The van der Waals surface area contributed by atoms with E-state index in [2.05, 4.69) is 3.82 Å². The first kappa shape index (κ1) is 12.3. The van der Waals surface area contributed by atoms with Crippen LogP contribution in [0.1, 0.15) is 19.4 Å². The molecule has 0 saturated heterocycles. The van der Waals surface area contributed by atoms with E-state index in [0.29, 0.717) is 0 Å². The first-order valence-corrected chi connectivity index (χ1v) is 7.35. The van der Waals surface area contributed by atoms with Crippen LogP contribution in [0.5, 0.6) is 0 Å². The van der Waals surface area contributed by atoms with E-state index in [1.165, 1.54) is 0 Å². The predicted octanol–water partition coefficient (Wildman–Crippen LogP) is 1.27.